The Hall–Kier alpha value is -0.940. The molecule has 0 aliphatic carbocycles. The quantitative estimate of drug-likeness (QED) is 0.687. The molecule has 0 aliphatic rings. The Balaban J connectivity index is 2.24. The van der Waals surface area contributed by atoms with E-state index in [1.54, 1.807) is 6.33 Å². The first-order valence-corrected chi connectivity index (χ1v) is 6.31. The number of hydrogen-bond acceptors (Lipinski definition) is 4. The fourth-order valence-corrected chi connectivity index (χ4v) is 1.64. The summed E-state index contributed by atoms with van der Waals surface area (Å²) >= 11 is 0. The highest BCUT2D eigenvalue weighted by Gasteiger charge is 2.05. The number of rotatable bonds is 8. The first-order valence-electron chi connectivity index (χ1n) is 6.31. The summed E-state index contributed by atoms with van der Waals surface area (Å²) in [5.74, 6) is 1.63. The summed E-state index contributed by atoms with van der Waals surface area (Å²) in [5.41, 5.74) is 0. The van der Waals surface area contributed by atoms with Crippen LogP contribution < -0.4 is 5.32 Å². The molecule has 1 heterocycles. The molecule has 0 fully saturated rings. The van der Waals surface area contributed by atoms with Crippen LogP contribution in [0.4, 0.5) is 0 Å². The minimum atomic E-state index is 0.601. The number of nitrogens with zero attached hydrogens (tertiary/aromatic N) is 4. The summed E-state index contributed by atoms with van der Waals surface area (Å²) < 4.78 is 1.99. The second-order valence-electron chi connectivity index (χ2n) is 5.09. The zero-order valence-electron chi connectivity index (χ0n) is 11.5. The molecule has 5 nitrogen and oxygen atoms in total. The van der Waals surface area contributed by atoms with E-state index >= 15 is 0 Å². The van der Waals surface area contributed by atoms with Crippen molar-refractivity contribution in [3.63, 3.8) is 0 Å². The monoisotopic (exact) mass is 239 g/mol. The predicted molar refractivity (Wildman–Crippen MR) is 69.7 cm³/mol. The Morgan fingerprint density at radius 3 is 2.82 bits per heavy atom. The van der Waals surface area contributed by atoms with E-state index in [0.29, 0.717) is 5.92 Å². The van der Waals surface area contributed by atoms with Gasteiger partial charge in [0.05, 0.1) is 6.54 Å². The topological polar surface area (TPSA) is 46.0 Å². The molecular weight excluding hydrogens is 214 g/mol. The molecule has 0 atom stereocenters. The largest absolute Gasteiger partial charge is 0.310 e. The van der Waals surface area contributed by atoms with E-state index in [-0.39, 0.29) is 0 Å². The van der Waals surface area contributed by atoms with E-state index in [1.165, 1.54) is 0 Å². The van der Waals surface area contributed by atoms with Gasteiger partial charge in [-0.3, -0.25) is 0 Å². The van der Waals surface area contributed by atoms with Crippen LogP contribution in [0.2, 0.25) is 0 Å². The molecule has 0 saturated heterocycles. The van der Waals surface area contributed by atoms with E-state index in [4.69, 9.17) is 0 Å². The summed E-state index contributed by atoms with van der Waals surface area (Å²) in [7, 11) is 4.19. The lowest BCUT2D eigenvalue weighted by Crippen LogP contribution is -2.23. The average Bonchev–Trinajstić information content (AvgIpc) is 2.64. The Bertz CT molecular complexity index is 306. The maximum atomic E-state index is 4.28. The van der Waals surface area contributed by atoms with Crippen molar-refractivity contribution in [3.05, 3.63) is 12.2 Å². The Morgan fingerprint density at radius 2 is 2.18 bits per heavy atom. The van der Waals surface area contributed by atoms with E-state index in [2.05, 4.69) is 48.2 Å². The number of aromatic nitrogens is 3. The maximum absolute atomic E-state index is 4.28. The van der Waals surface area contributed by atoms with Crippen molar-refractivity contribution in [1.29, 1.82) is 0 Å². The fourth-order valence-electron chi connectivity index (χ4n) is 1.64. The van der Waals surface area contributed by atoms with Gasteiger partial charge in [-0.2, -0.15) is 5.10 Å². The normalized spacial score (nSPS) is 11.6. The van der Waals surface area contributed by atoms with Gasteiger partial charge in [-0.1, -0.05) is 13.8 Å². The predicted octanol–water partition coefficient (Wildman–Crippen LogP) is 0.975. The molecule has 1 rings (SSSR count). The number of hydrogen-bond donors (Lipinski definition) is 1. The van der Waals surface area contributed by atoms with Crippen LogP contribution in [0.3, 0.4) is 0 Å². The first-order chi connectivity index (χ1) is 8.09. The van der Waals surface area contributed by atoms with E-state index in [9.17, 15) is 0 Å². The molecule has 0 radical (unpaired) electrons. The lowest BCUT2D eigenvalue weighted by molar-refractivity contribution is 0.392. The van der Waals surface area contributed by atoms with Crippen LogP contribution in [0.25, 0.3) is 0 Å². The molecule has 1 N–H and O–H groups in total. The van der Waals surface area contributed by atoms with Gasteiger partial charge in [0.2, 0.25) is 0 Å². The highest BCUT2D eigenvalue weighted by molar-refractivity contribution is 4.83. The van der Waals surface area contributed by atoms with Gasteiger partial charge in [-0.05, 0) is 39.5 Å². The van der Waals surface area contributed by atoms with Crippen LogP contribution in [0.1, 0.15) is 26.1 Å². The summed E-state index contributed by atoms with van der Waals surface area (Å²) in [5, 5.41) is 7.65. The highest BCUT2D eigenvalue weighted by Crippen LogP contribution is 2.00. The van der Waals surface area contributed by atoms with Crippen LogP contribution in [0.15, 0.2) is 6.33 Å². The second-order valence-corrected chi connectivity index (χ2v) is 5.09. The van der Waals surface area contributed by atoms with Gasteiger partial charge < -0.3 is 10.2 Å². The van der Waals surface area contributed by atoms with Crippen molar-refractivity contribution in [1.82, 2.24) is 25.0 Å². The molecule has 0 spiro atoms. The molecule has 0 unspecified atom stereocenters. The molecule has 98 valence electrons. The average molecular weight is 239 g/mol. The standard InChI is InChI=1S/C12H25N5/c1-11(2)9-17-12(14-10-15-17)8-13-6-5-7-16(3)4/h10-11,13H,5-9H2,1-4H3. The van der Waals surface area contributed by atoms with Crippen molar-refractivity contribution < 1.29 is 0 Å². The van der Waals surface area contributed by atoms with Gasteiger partial charge in [-0.15, -0.1) is 0 Å². The molecule has 0 bridgehead atoms. The van der Waals surface area contributed by atoms with Crippen LogP contribution in [-0.2, 0) is 13.1 Å². The Morgan fingerprint density at radius 1 is 1.41 bits per heavy atom. The fraction of sp³-hybridized carbons (Fsp3) is 0.833. The molecule has 17 heavy (non-hydrogen) atoms. The minimum Gasteiger partial charge on any atom is -0.310 e. The van der Waals surface area contributed by atoms with Crippen molar-refractivity contribution >= 4 is 0 Å². The van der Waals surface area contributed by atoms with Crippen molar-refractivity contribution in [2.75, 3.05) is 27.2 Å². The minimum absolute atomic E-state index is 0.601. The lowest BCUT2D eigenvalue weighted by Gasteiger charge is -2.11. The highest BCUT2D eigenvalue weighted by atomic mass is 15.3. The van der Waals surface area contributed by atoms with Gasteiger partial charge in [0, 0.05) is 6.54 Å². The summed E-state index contributed by atoms with van der Waals surface area (Å²) in [6.45, 7) is 8.26. The Kier molecular flexibility index (Phi) is 6.15. The molecule has 1 aromatic heterocycles. The first kappa shape index (κ1) is 14.1. The van der Waals surface area contributed by atoms with Crippen LogP contribution in [-0.4, -0.2) is 46.8 Å². The molecular formula is C12H25N5. The number of nitrogens with one attached hydrogen (secondary N) is 1. The lowest BCUT2D eigenvalue weighted by atomic mass is 10.2. The van der Waals surface area contributed by atoms with Gasteiger partial charge in [0.1, 0.15) is 12.2 Å². The van der Waals surface area contributed by atoms with E-state index in [0.717, 1.165) is 38.4 Å². The summed E-state index contributed by atoms with van der Waals surface area (Å²) in [6.07, 6.45) is 2.80. The van der Waals surface area contributed by atoms with E-state index in [1.807, 2.05) is 4.68 Å². The molecule has 0 amide bonds. The smallest absolute Gasteiger partial charge is 0.140 e. The van der Waals surface area contributed by atoms with Gasteiger partial charge in [0.15, 0.2) is 0 Å². The molecule has 5 heteroatoms. The second kappa shape index (κ2) is 7.40. The molecule has 1 aromatic rings. The van der Waals surface area contributed by atoms with Crippen molar-refractivity contribution in [2.45, 2.75) is 33.4 Å². The molecule has 0 aromatic carbocycles. The third kappa shape index (κ3) is 5.79. The third-order valence-electron chi connectivity index (χ3n) is 2.48. The maximum Gasteiger partial charge on any atom is 0.140 e. The summed E-state index contributed by atoms with van der Waals surface area (Å²) in [6, 6.07) is 0. The van der Waals surface area contributed by atoms with Gasteiger partial charge >= 0.3 is 0 Å². The van der Waals surface area contributed by atoms with Gasteiger partial charge in [0.25, 0.3) is 0 Å². The Labute approximate surface area is 104 Å². The molecule has 0 aliphatic heterocycles. The third-order valence-corrected chi connectivity index (χ3v) is 2.48. The zero-order chi connectivity index (χ0) is 12.7. The zero-order valence-corrected chi connectivity index (χ0v) is 11.5. The van der Waals surface area contributed by atoms with Gasteiger partial charge in [-0.25, -0.2) is 9.67 Å². The van der Waals surface area contributed by atoms with Crippen molar-refractivity contribution in [3.8, 4) is 0 Å². The SMILES string of the molecule is CC(C)Cn1ncnc1CNCCCN(C)C. The van der Waals surface area contributed by atoms with Crippen LogP contribution in [0, 0.1) is 5.92 Å². The van der Waals surface area contributed by atoms with E-state index < -0.39 is 0 Å². The van der Waals surface area contributed by atoms with Crippen LogP contribution >= 0.6 is 0 Å². The van der Waals surface area contributed by atoms with Crippen LogP contribution in [0.5, 0.6) is 0 Å². The summed E-state index contributed by atoms with van der Waals surface area (Å²) in [4.78, 5) is 6.48. The molecule has 0 saturated carbocycles. The van der Waals surface area contributed by atoms with Crippen molar-refractivity contribution in [2.24, 2.45) is 5.92 Å².